The summed E-state index contributed by atoms with van der Waals surface area (Å²) in [5.74, 6) is 0. The van der Waals surface area contributed by atoms with Gasteiger partial charge >= 0.3 is 0 Å². The zero-order valence-corrected chi connectivity index (χ0v) is 7.02. The molecular formula is C9H8OS. The van der Waals surface area contributed by atoms with E-state index in [1.807, 2.05) is 31.2 Å². The second kappa shape index (κ2) is 2.32. The molecule has 2 rings (SSSR count). The minimum absolute atomic E-state index is 0.890. The van der Waals surface area contributed by atoms with E-state index in [0.717, 1.165) is 15.6 Å². The molecule has 2 aromatic rings. The molecule has 1 aromatic heterocycles. The predicted molar refractivity (Wildman–Crippen MR) is 47.3 cm³/mol. The highest BCUT2D eigenvalue weighted by Gasteiger charge is 2.06. The molecular weight excluding hydrogens is 156 g/mol. The molecule has 0 saturated carbocycles. The number of rotatable bonds is 0. The smallest absolute Gasteiger partial charge is 0.179 e. The Labute approximate surface area is 68.1 Å². The molecule has 1 heterocycles. The van der Waals surface area contributed by atoms with E-state index in [9.17, 15) is 4.55 Å². The first-order chi connectivity index (χ1) is 5.29. The van der Waals surface area contributed by atoms with Crippen LogP contribution < -0.4 is 0 Å². The maximum absolute atomic E-state index is 11.3. The zero-order valence-electron chi connectivity index (χ0n) is 6.20. The molecule has 0 amide bonds. The van der Waals surface area contributed by atoms with Crippen LogP contribution >= 0.6 is 10.8 Å². The number of benzene rings is 1. The molecule has 0 fully saturated rings. The molecule has 0 N–H and O–H groups in total. The molecule has 56 valence electrons. The molecule has 0 aliphatic carbocycles. The van der Waals surface area contributed by atoms with E-state index < -0.39 is 10.8 Å². The fourth-order valence-corrected chi connectivity index (χ4v) is 2.49. The van der Waals surface area contributed by atoms with E-state index in [-0.39, 0.29) is 0 Å². The molecule has 1 unspecified atom stereocenters. The minimum Gasteiger partial charge on any atom is -0.590 e. The number of aryl methyl sites for hydroxylation is 1. The van der Waals surface area contributed by atoms with E-state index >= 15 is 0 Å². The summed E-state index contributed by atoms with van der Waals surface area (Å²) in [6.07, 6.45) is 0. The average Bonchev–Trinajstić information content (AvgIpc) is 2.30. The molecule has 0 aliphatic rings. The van der Waals surface area contributed by atoms with Crippen molar-refractivity contribution in [2.24, 2.45) is 0 Å². The average molecular weight is 164 g/mol. The van der Waals surface area contributed by atoms with Crippen molar-refractivity contribution in [2.75, 3.05) is 0 Å². The Bertz CT molecular complexity index is 353. The summed E-state index contributed by atoms with van der Waals surface area (Å²) in [6.45, 7) is 1.99. The van der Waals surface area contributed by atoms with Crippen molar-refractivity contribution in [1.29, 1.82) is 0 Å². The Morgan fingerprint density at radius 2 is 2.00 bits per heavy atom. The molecule has 1 nitrogen and oxygen atoms in total. The molecule has 2 heteroatoms. The maximum atomic E-state index is 11.3. The van der Waals surface area contributed by atoms with Crippen LogP contribution in [0.1, 0.15) is 5.56 Å². The summed E-state index contributed by atoms with van der Waals surface area (Å²) in [5, 5.41) is 2.93. The second-order valence-corrected chi connectivity index (χ2v) is 3.86. The lowest BCUT2D eigenvalue weighted by molar-refractivity contribution is 0.600. The van der Waals surface area contributed by atoms with E-state index in [1.165, 1.54) is 0 Å². The lowest BCUT2D eigenvalue weighted by Crippen LogP contribution is -1.64. The standard InChI is InChI=1S/C9H8OS/c1-7-6-11(10)9-5-3-2-4-8(7)9/h2-6H,1H3. The summed E-state index contributed by atoms with van der Waals surface area (Å²) in [6, 6.07) is 7.81. The van der Waals surface area contributed by atoms with Crippen LogP contribution in [-0.4, -0.2) is 4.55 Å². The zero-order chi connectivity index (χ0) is 7.84. The van der Waals surface area contributed by atoms with Crippen molar-refractivity contribution in [3.05, 3.63) is 35.2 Å². The van der Waals surface area contributed by atoms with Gasteiger partial charge in [-0.05, 0) is 29.8 Å². The van der Waals surface area contributed by atoms with E-state index in [1.54, 1.807) is 5.38 Å². The van der Waals surface area contributed by atoms with Gasteiger partial charge in [0.05, 0.1) is 0 Å². The van der Waals surface area contributed by atoms with E-state index in [4.69, 9.17) is 0 Å². The van der Waals surface area contributed by atoms with Gasteiger partial charge in [-0.25, -0.2) is 0 Å². The van der Waals surface area contributed by atoms with Crippen molar-refractivity contribution >= 4 is 20.8 Å². The minimum atomic E-state index is -0.890. The van der Waals surface area contributed by atoms with Crippen molar-refractivity contribution in [3.8, 4) is 0 Å². The second-order valence-electron chi connectivity index (χ2n) is 2.59. The lowest BCUT2D eigenvalue weighted by atomic mass is 10.2. The van der Waals surface area contributed by atoms with Crippen LogP contribution in [-0.2, 0) is 0 Å². The van der Waals surface area contributed by atoms with Crippen molar-refractivity contribution in [1.82, 2.24) is 0 Å². The molecule has 11 heavy (non-hydrogen) atoms. The summed E-state index contributed by atoms with van der Waals surface area (Å²) in [4.78, 5) is 0. The summed E-state index contributed by atoms with van der Waals surface area (Å²) >= 11 is 0. The van der Waals surface area contributed by atoms with Crippen LogP contribution in [0.15, 0.2) is 29.6 Å². The molecule has 1 atom stereocenters. The summed E-state index contributed by atoms with van der Waals surface area (Å²) < 4.78 is 12.3. The van der Waals surface area contributed by atoms with Gasteiger partial charge in [0.1, 0.15) is 5.38 Å². The van der Waals surface area contributed by atoms with E-state index in [0.29, 0.717) is 0 Å². The SMILES string of the molecule is Cc1c[s+]([O-])c2ccccc12. The van der Waals surface area contributed by atoms with Gasteiger partial charge in [0.25, 0.3) is 0 Å². The Morgan fingerprint density at radius 1 is 1.27 bits per heavy atom. The Balaban J connectivity index is 2.95. The lowest BCUT2D eigenvalue weighted by Gasteiger charge is -1.87. The molecule has 0 bridgehead atoms. The largest absolute Gasteiger partial charge is 0.590 e. The Morgan fingerprint density at radius 3 is 2.73 bits per heavy atom. The van der Waals surface area contributed by atoms with Crippen molar-refractivity contribution in [2.45, 2.75) is 6.92 Å². The highest BCUT2D eigenvalue weighted by Crippen LogP contribution is 2.31. The normalized spacial score (nSPS) is 12.4. The van der Waals surface area contributed by atoms with Crippen LogP contribution in [0.5, 0.6) is 0 Å². The van der Waals surface area contributed by atoms with Crippen LogP contribution in [0.3, 0.4) is 0 Å². The highest BCUT2D eigenvalue weighted by atomic mass is 32.2. The van der Waals surface area contributed by atoms with Gasteiger partial charge in [0.15, 0.2) is 4.70 Å². The summed E-state index contributed by atoms with van der Waals surface area (Å²) in [7, 11) is -0.890. The molecule has 0 saturated heterocycles. The third-order valence-electron chi connectivity index (χ3n) is 1.81. The number of hydrogen-bond donors (Lipinski definition) is 0. The van der Waals surface area contributed by atoms with Gasteiger partial charge in [-0.3, -0.25) is 0 Å². The Hall–Kier alpha value is -0.860. The van der Waals surface area contributed by atoms with E-state index in [2.05, 4.69) is 0 Å². The van der Waals surface area contributed by atoms with Gasteiger partial charge in [0.2, 0.25) is 0 Å². The van der Waals surface area contributed by atoms with Gasteiger partial charge in [-0.1, -0.05) is 12.1 Å². The predicted octanol–water partition coefficient (Wildman–Crippen LogP) is 2.88. The van der Waals surface area contributed by atoms with Gasteiger partial charge in [-0.15, -0.1) is 0 Å². The number of hydrogen-bond acceptors (Lipinski definition) is 1. The fraction of sp³-hybridized carbons (Fsp3) is 0.111. The van der Waals surface area contributed by atoms with Crippen molar-refractivity contribution < 1.29 is 4.55 Å². The monoisotopic (exact) mass is 164 g/mol. The van der Waals surface area contributed by atoms with Crippen LogP contribution in [0.25, 0.3) is 10.1 Å². The highest BCUT2D eigenvalue weighted by molar-refractivity contribution is 7.30. The number of fused-ring (bicyclic) bond motifs is 1. The van der Waals surface area contributed by atoms with Crippen LogP contribution in [0.4, 0.5) is 0 Å². The molecule has 0 spiro atoms. The Kier molecular flexibility index (Phi) is 1.44. The van der Waals surface area contributed by atoms with Crippen molar-refractivity contribution in [3.63, 3.8) is 0 Å². The third-order valence-corrected chi connectivity index (χ3v) is 3.17. The fourth-order valence-electron chi connectivity index (χ4n) is 1.26. The van der Waals surface area contributed by atoms with Gasteiger partial charge in [0, 0.05) is 10.9 Å². The molecule has 0 aliphatic heterocycles. The first-order valence-electron chi connectivity index (χ1n) is 3.47. The van der Waals surface area contributed by atoms with Gasteiger partial charge < -0.3 is 4.55 Å². The molecule has 0 radical (unpaired) electrons. The third kappa shape index (κ3) is 0.951. The first kappa shape index (κ1) is 6.83. The first-order valence-corrected chi connectivity index (χ1v) is 4.69. The summed E-state index contributed by atoms with van der Waals surface area (Å²) in [5.41, 5.74) is 1.12. The van der Waals surface area contributed by atoms with Crippen LogP contribution in [0.2, 0.25) is 0 Å². The van der Waals surface area contributed by atoms with Crippen LogP contribution in [0, 0.1) is 6.92 Å². The molecule has 1 aromatic carbocycles. The van der Waals surface area contributed by atoms with Gasteiger partial charge in [-0.2, -0.15) is 0 Å². The number of thiophene rings is 1. The quantitative estimate of drug-likeness (QED) is 0.549. The topological polar surface area (TPSA) is 23.1 Å². The maximum Gasteiger partial charge on any atom is 0.179 e.